The van der Waals surface area contributed by atoms with E-state index in [4.69, 9.17) is 5.11 Å². The summed E-state index contributed by atoms with van der Waals surface area (Å²) >= 11 is 0. The van der Waals surface area contributed by atoms with Crippen LogP contribution in [0.2, 0.25) is 0 Å². The van der Waals surface area contributed by atoms with Crippen LogP contribution in [0.25, 0.3) is 0 Å². The maximum Gasteiger partial charge on any atom is 0.303 e. The van der Waals surface area contributed by atoms with Crippen molar-refractivity contribution in [3.63, 3.8) is 0 Å². The number of hydrogen-bond acceptors (Lipinski definition) is 2. The van der Waals surface area contributed by atoms with E-state index in [1.807, 2.05) is 0 Å². The third-order valence-electron chi connectivity index (χ3n) is 2.58. The van der Waals surface area contributed by atoms with Crippen LogP contribution in [-0.4, -0.2) is 23.5 Å². The van der Waals surface area contributed by atoms with Gasteiger partial charge in [0.25, 0.3) is 5.91 Å². The summed E-state index contributed by atoms with van der Waals surface area (Å²) in [6.45, 7) is 3.70. The maximum atomic E-state index is 13.0. The Morgan fingerprint density at radius 1 is 1.44 bits per heavy atom. The molecular weight excluding hydrogens is 237 g/mol. The number of nitrogens with one attached hydrogen (secondary N) is 1. The van der Waals surface area contributed by atoms with Gasteiger partial charge in [0.05, 0.1) is 0 Å². The van der Waals surface area contributed by atoms with E-state index >= 15 is 0 Å². The molecule has 2 N–H and O–H groups in total. The summed E-state index contributed by atoms with van der Waals surface area (Å²) in [5, 5.41) is 11.2. The molecule has 0 bridgehead atoms. The molecule has 1 atom stereocenters. The van der Waals surface area contributed by atoms with Gasteiger partial charge in [0.1, 0.15) is 5.82 Å². The highest BCUT2D eigenvalue weighted by Gasteiger charge is 2.12. The summed E-state index contributed by atoms with van der Waals surface area (Å²) in [5.41, 5.74) is 0.956. The number of carbonyl (C=O) groups is 2. The lowest BCUT2D eigenvalue weighted by Crippen LogP contribution is -2.29. The predicted octanol–water partition coefficient (Wildman–Crippen LogP) is 1.97. The Morgan fingerprint density at radius 2 is 2.11 bits per heavy atom. The second-order valence-electron chi connectivity index (χ2n) is 4.37. The standard InChI is InChI=1S/C13H16FNO3/c1-8(5-12(16)17)7-15-13(18)11-6-10(14)4-3-9(11)2/h3-4,6,8H,5,7H2,1-2H3,(H,15,18)(H,16,17). The lowest BCUT2D eigenvalue weighted by Gasteiger charge is -2.11. The van der Waals surface area contributed by atoms with E-state index in [0.29, 0.717) is 5.56 Å². The van der Waals surface area contributed by atoms with E-state index in [2.05, 4.69) is 5.32 Å². The van der Waals surface area contributed by atoms with Crippen molar-refractivity contribution in [1.29, 1.82) is 0 Å². The molecule has 4 nitrogen and oxygen atoms in total. The van der Waals surface area contributed by atoms with Crippen LogP contribution in [0.4, 0.5) is 4.39 Å². The zero-order chi connectivity index (χ0) is 13.7. The van der Waals surface area contributed by atoms with Crippen LogP contribution >= 0.6 is 0 Å². The fourth-order valence-corrected chi connectivity index (χ4v) is 1.57. The molecule has 18 heavy (non-hydrogen) atoms. The van der Waals surface area contributed by atoms with Crippen molar-refractivity contribution in [2.45, 2.75) is 20.3 Å². The Hall–Kier alpha value is -1.91. The SMILES string of the molecule is Cc1ccc(F)cc1C(=O)NCC(C)CC(=O)O. The minimum atomic E-state index is -0.904. The van der Waals surface area contributed by atoms with Crippen LogP contribution in [0.15, 0.2) is 18.2 Å². The first-order chi connectivity index (χ1) is 8.40. The van der Waals surface area contributed by atoms with E-state index in [-0.39, 0.29) is 30.4 Å². The average molecular weight is 253 g/mol. The second kappa shape index (κ2) is 6.14. The van der Waals surface area contributed by atoms with Crippen molar-refractivity contribution in [1.82, 2.24) is 5.32 Å². The molecule has 1 amide bonds. The van der Waals surface area contributed by atoms with Gasteiger partial charge in [-0.25, -0.2) is 4.39 Å². The molecule has 0 aliphatic heterocycles. The molecule has 1 aromatic carbocycles. The molecule has 0 saturated heterocycles. The molecule has 1 aromatic rings. The molecule has 0 radical (unpaired) electrons. The van der Waals surface area contributed by atoms with Gasteiger partial charge in [0.15, 0.2) is 0 Å². The molecule has 0 fully saturated rings. The largest absolute Gasteiger partial charge is 0.481 e. The molecule has 5 heteroatoms. The molecule has 0 saturated carbocycles. The number of carboxylic acids is 1. The van der Waals surface area contributed by atoms with E-state index < -0.39 is 11.8 Å². The van der Waals surface area contributed by atoms with Crippen molar-refractivity contribution in [2.24, 2.45) is 5.92 Å². The summed E-state index contributed by atoms with van der Waals surface area (Å²) < 4.78 is 13.0. The molecule has 0 aliphatic carbocycles. The first kappa shape index (κ1) is 14.2. The number of carboxylic acid groups (broad SMARTS) is 1. The molecule has 0 heterocycles. The summed E-state index contributed by atoms with van der Waals surface area (Å²) in [4.78, 5) is 22.2. The fraction of sp³-hybridized carbons (Fsp3) is 0.385. The number of amides is 1. The van der Waals surface area contributed by atoms with Gasteiger partial charge in [-0.05, 0) is 30.5 Å². The number of benzene rings is 1. The normalized spacial score (nSPS) is 11.9. The smallest absolute Gasteiger partial charge is 0.303 e. The third-order valence-corrected chi connectivity index (χ3v) is 2.58. The highest BCUT2D eigenvalue weighted by Crippen LogP contribution is 2.10. The van der Waals surface area contributed by atoms with Crippen molar-refractivity contribution < 1.29 is 19.1 Å². The Kier molecular flexibility index (Phi) is 4.83. The Morgan fingerprint density at radius 3 is 2.72 bits per heavy atom. The van der Waals surface area contributed by atoms with Crippen molar-refractivity contribution in [3.8, 4) is 0 Å². The minimum absolute atomic E-state index is 0.0115. The Balaban J connectivity index is 2.60. The first-order valence-electron chi connectivity index (χ1n) is 5.66. The summed E-state index contributed by atoms with van der Waals surface area (Å²) in [7, 11) is 0. The number of hydrogen-bond donors (Lipinski definition) is 2. The summed E-state index contributed by atoms with van der Waals surface area (Å²) in [6, 6.07) is 4.00. The van der Waals surface area contributed by atoms with Crippen molar-refractivity contribution in [3.05, 3.63) is 35.1 Å². The van der Waals surface area contributed by atoms with Gasteiger partial charge in [0.2, 0.25) is 0 Å². The number of carbonyl (C=O) groups excluding carboxylic acids is 1. The van der Waals surface area contributed by atoms with E-state index in [1.54, 1.807) is 13.8 Å². The topological polar surface area (TPSA) is 66.4 Å². The number of halogens is 1. The Bertz CT molecular complexity index is 460. The molecular formula is C13H16FNO3. The lowest BCUT2D eigenvalue weighted by atomic mass is 10.1. The van der Waals surface area contributed by atoms with Gasteiger partial charge in [-0.15, -0.1) is 0 Å². The summed E-state index contributed by atoms with van der Waals surface area (Å²) in [6.07, 6.45) is -0.0115. The van der Waals surface area contributed by atoms with Gasteiger partial charge >= 0.3 is 5.97 Å². The van der Waals surface area contributed by atoms with E-state index in [9.17, 15) is 14.0 Å². The summed E-state index contributed by atoms with van der Waals surface area (Å²) in [5.74, 6) is -1.92. The van der Waals surface area contributed by atoms with Crippen LogP contribution in [0, 0.1) is 18.7 Å². The van der Waals surface area contributed by atoms with Crippen LogP contribution in [0.3, 0.4) is 0 Å². The zero-order valence-corrected chi connectivity index (χ0v) is 10.4. The first-order valence-corrected chi connectivity index (χ1v) is 5.66. The van der Waals surface area contributed by atoms with E-state index in [0.717, 1.165) is 0 Å². The average Bonchev–Trinajstić information content (AvgIpc) is 2.28. The van der Waals surface area contributed by atoms with Crippen LogP contribution in [-0.2, 0) is 4.79 Å². The lowest BCUT2D eigenvalue weighted by molar-refractivity contribution is -0.137. The van der Waals surface area contributed by atoms with E-state index in [1.165, 1.54) is 18.2 Å². The molecule has 98 valence electrons. The predicted molar refractivity (Wildman–Crippen MR) is 64.9 cm³/mol. The van der Waals surface area contributed by atoms with Crippen LogP contribution < -0.4 is 5.32 Å². The minimum Gasteiger partial charge on any atom is -0.481 e. The molecule has 1 unspecified atom stereocenters. The Labute approximate surface area is 105 Å². The monoisotopic (exact) mass is 253 g/mol. The quantitative estimate of drug-likeness (QED) is 0.843. The maximum absolute atomic E-state index is 13.0. The van der Waals surface area contributed by atoms with Crippen molar-refractivity contribution in [2.75, 3.05) is 6.54 Å². The van der Waals surface area contributed by atoms with Gasteiger partial charge in [0, 0.05) is 18.5 Å². The number of aryl methyl sites for hydroxylation is 1. The highest BCUT2D eigenvalue weighted by molar-refractivity contribution is 5.95. The molecule has 0 aliphatic rings. The third kappa shape index (κ3) is 4.16. The van der Waals surface area contributed by atoms with Gasteiger partial charge in [-0.3, -0.25) is 9.59 Å². The molecule has 0 spiro atoms. The van der Waals surface area contributed by atoms with Gasteiger partial charge in [-0.1, -0.05) is 13.0 Å². The van der Waals surface area contributed by atoms with Crippen molar-refractivity contribution >= 4 is 11.9 Å². The van der Waals surface area contributed by atoms with Gasteiger partial charge < -0.3 is 10.4 Å². The fourth-order valence-electron chi connectivity index (χ4n) is 1.57. The van der Waals surface area contributed by atoms with Crippen LogP contribution in [0.5, 0.6) is 0 Å². The van der Waals surface area contributed by atoms with Gasteiger partial charge in [-0.2, -0.15) is 0 Å². The second-order valence-corrected chi connectivity index (χ2v) is 4.37. The highest BCUT2D eigenvalue weighted by atomic mass is 19.1. The molecule has 1 rings (SSSR count). The molecule has 0 aromatic heterocycles. The van der Waals surface area contributed by atoms with Crippen LogP contribution in [0.1, 0.15) is 29.3 Å². The number of rotatable bonds is 5. The zero-order valence-electron chi connectivity index (χ0n) is 10.4. The number of aliphatic carboxylic acids is 1.